The van der Waals surface area contributed by atoms with Crippen LogP contribution in [-0.2, 0) is 16.1 Å². The summed E-state index contributed by atoms with van der Waals surface area (Å²) >= 11 is 0. The molecule has 0 aliphatic rings. The standard InChI is InChI=1S/C14H27N5O2/c1-5-11(3)19(7-8-20-4)14-9-12(18-15)16-13(17-14)10-21-6-2/h9,11H,5-8,10,15H2,1-4H3,(H,16,17,18). The molecule has 120 valence electrons. The maximum absolute atomic E-state index is 5.50. The number of anilines is 2. The molecule has 0 aromatic carbocycles. The highest BCUT2D eigenvalue weighted by Crippen LogP contribution is 2.19. The fourth-order valence-electron chi connectivity index (χ4n) is 1.93. The van der Waals surface area contributed by atoms with Crippen LogP contribution in [-0.4, -0.2) is 42.9 Å². The Morgan fingerprint density at radius 1 is 1.38 bits per heavy atom. The zero-order chi connectivity index (χ0) is 15.7. The summed E-state index contributed by atoms with van der Waals surface area (Å²) in [5.41, 5.74) is 2.59. The maximum Gasteiger partial charge on any atom is 0.158 e. The maximum atomic E-state index is 5.50. The molecule has 0 saturated carbocycles. The van der Waals surface area contributed by atoms with Crippen molar-refractivity contribution in [3.63, 3.8) is 0 Å². The number of hydrazine groups is 1. The van der Waals surface area contributed by atoms with E-state index in [9.17, 15) is 0 Å². The number of aromatic nitrogens is 2. The smallest absolute Gasteiger partial charge is 0.158 e. The second kappa shape index (κ2) is 9.49. The number of hydrogen-bond acceptors (Lipinski definition) is 7. The van der Waals surface area contributed by atoms with Crippen LogP contribution in [0, 0.1) is 0 Å². The number of ether oxygens (including phenoxy) is 2. The predicted octanol–water partition coefficient (Wildman–Crippen LogP) is 1.55. The molecule has 0 saturated heterocycles. The van der Waals surface area contributed by atoms with E-state index in [1.54, 1.807) is 7.11 Å². The average Bonchev–Trinajstić information content (AvgIpc) is 2.52. The van der Waals surface area contributed by atoms with Crippen LogP contribution in [0.3, 0.4) is 0 Å². The summed E-state index contributed by atoms with van der Waals surface area (Å²) in [5, 5.41) is 0. The summed E-state index contributed by atoms with van der Waals surface area (Å²) in [4.78, 5) is 11.1. The van der Waals surface area contributed by atoms with Crippen LogP contribution in [0.5, 0.6) is 0 Å². The van der Waals surface area contributed by atoms with Crippen LogP contribution in [0.1, 0.15) is 33.0 Å². The summed E-state index contributed by atoms with van der Waals surface area (Å²) in [6.07, 6.45) is 1.01. The van der Waals surface area contributed by atoms with Crippen molar-refractivity contribution in [1.82, 2.24) is 9.97 Å². The van der Waals surface area contributed by atoms with Gasteiger partial charge in [0.05, 0.1) is 6.61 Å². The zero-order valence-electron chi connectivity index (χ0n) is 13.4. The third-order valence-electron chi connectivity index (χ3n) is 3.30. The molecule has 0 aliphatic heterocycles. The topological polar surface area (TPSA) is 85.5 Å². The molecule has 21 heavy (non-hydrogen) atoms. The fourth-order valence-corrected chi connectivity index (χ4v) is 1.93. The number of hydrogen-bond donors (Lipinski definition) is 2. The first-order valence-electron chi connectivity index (χ1n) is 7.34. The second-order valence-corrected chi connectivity index (χ2v) is 4.75. The molecule has 0 bridgehead atoms. The largest absolute Gasteiger partial charge is 0.383 e. The molecule has 1 aromatic heterocycles. The van der Waals surface area contributed by atoms with Crippen molar-refractivity contribution in [3.05, 3.63) is 11.9 Å². The number of methoxy groups -OCH3 is 1. The van der Waals surface area contributed by atoms with Crippen molar-refractivity contribution in [2.75, 3.05) is 37.2 Å². The number of nitrogens with one attached hydrogen (secondary N) is 1. The minimum Gasteiger partial charge on any atom is -0.383 e. The van der Waals surface area contributed by atoms with E-state index in [2.05, 4.69) is 34.1 Å². The molecule has 1 aromatic rings. The van der Waals surface area contributed by atoms with Crippen molar-refractivity contribution in [2.24, 2.45) is 5.84 Å². The van der Waals surface area contributed by atoms with Crippen LogP contribution in [0.2, 0.25) is 0 Å². The Morgan fingerprint density at radius 2 is 2.14 bits per heavy atom. The first-order chi connectivity index (χ1) is 10.2. The number of rotatable bonds is 10. The monoisotopic (exact) mass is 297 g/mol. The minimum atomic E-state index is 0.348. The first kappa shape index (κ1) is 17.6. The average molecular weight is 297 g/mol. The van der Waals surface area contributed by atoms with Crippen molar-refractivity contribution in [1.29, 1.82) is 0 Å². The van der Waals surface area contributed by atoms with Crippen LogP contribution < -0.4 is 16.2 Å². The van der Waals surface area contributed by atoms with Gasteiger partial charge in [-0.05, 0) is 20.3 Å². The Kier molecular flexibility index (Phi) is 7.96. The van der Waals surface area contributed by atoms with Crippen LogP contribution in [0.4, 0.5) is 11.6 Å². The van der Waals surface area contributed by atoms with Gasteiger partial charge in [-0.2, -0.15) is 0 Å². The molecule has 1 unspecified atom stereocenters. The van der Waals surface area contributed by atoms with Crippen LogP contribution in [0.25, 0.3) is 0 Å². The van der Waals surface area contributed by atoms with E-state index in [-0.39, 0.29) is 0 Å². The third-order valence-corrected chi connectivity index (χ3v) is 3.30. The van der Waals surface area contributed by atoms with Gasteiger partial charge >= 0.3 is 0 Å². The number of nitrogens with two attached hydrogens (primary N) is 1. The normalized spacial score (nSPS) is 12.2. The third kappa shape index (κ3) is 5.45. The van der Waals surface area contributed by atoms with Gasteiger partial charge in [-0.25, -0.2) is 15.8 Å². The van der Waals surface area contributed by atoms with Crippen molar-refractivity contribution in [3.8, 4) is 0 Å². The lowest BCUT2D eigenvalue weighted by Crippen LogP contribution is -2.36. The molecule has 1 rings (SSSR count). The predicted molar refractivity (Wildman–Crippen MR) is 84.1 cm³/mol. The van der Waals surface area contributed by atoms with E-state index in [0.29, 0.717) is 37.5 Å². The van der Waals surface area contributed by atoms with E-state index in [0.717, 1.165) is 18.8 Å². The quantitative estimate of drug-likeness (QED) is 0.500. The van der Waals surface area contributed by atoms with Gasteiger partial charge in [0.2, 0.25) is 0 Å². The molecule has 0 amide bonds. The van der Waals surface area contributed by atoms with E-state index in [4.69, 9.17) is 15.3 Å². The molecule has 0 fully saturated rings. The molecule has 7 heteroatoms. The lowest BCUT2D eigenvalue weighted by Gasteiger charge is -2.30. The highest BCUT2D eigenvalue weighted by molar-refractivity contribution is 5.49. The lowest BCUT2D eigenvalue weighted by molar-refractivity contribution is 0.128. The Hall–Kier alpha value is -1.44. The highest BCUT2D eigenvalue weighted by atomic mass is 16.5. The number of nitrogens with zero attached hydrogens (tertiary/aromatic N) is 3. The molecule has 0 aliphatic carbocycles. The van der Waals surface area contributed by atoms with Gasteiger partial charge in [-0.1, -0.05) is 6.92 Å². The first-order valence-corrected chi connectivity index (χ1v) is 7.34. The van der Waals surface area contributed by atoms with Crippen LogP contribution in [0.15, 0.2) is 6.07 Å². The molecule has 7 nitrogen and oxygen atoms in total. The lowest BCUT2D eigenvalue weighted by atomic mass is 10.2. The summed E-state index contributed by atoms with van der Waals surface area (Å²) in [5.74, 6) is 7.54. The van der Waals surface area contributed by atoms with E-state index >= 15 is 0 Å². The van der Waals surface area contributed by atoms with Crippen LogP contribution >= 0.6 is 0 Å². The van der Waals surface area contributed by atoms with E-state index < -0.39 is 0 Å². The Balaban J connectivity index is 3.03. The summed E-state index contributed by atoms with van der Waals surface area (Å²) < 4.78 is 10.6. The van der Waals surface area contributed by atoms with E-state index in [1.165, 1.54) is 0 Å². The molecular weight excluding hydrogens is 270 g/mol. The van der Waals surface area contributed by atoms with Crippen molar-refractivity contribution >= 4 is 11.6 Å². The summed E-state index contributed by atoms with van der Waals surface area (Å²) in [7, 11) is 1.70. The van der Waals surface area contributed by atoms with E-state index in [1.807, 2.05) is 13.0 Å². The Labute approximate surface area is 126 Å². The van der Waals surface area contributed by atoms with Gasteiger partial charge in [0, 0.05) is 32.4 Å². The summed E-state index contributed by atoms with van der Waals surface area (Å²) in [6, 6.07) is 2.19. The molecule has 3 N–H and O–H groups in total. The second-order valence-electron chi connectivity index (χ2n) is 4.75. The summed E-state index contributed by atoms with van der Waals surface area (Å²) in [6.45, 7) is 8.65. The SMILES string of the molecule is CCOCc1nc(NN)cc(N(CCOC)C(C)CC)n1. The molecule has 1 atom stereocenters. The molecule has 0 spiro atoms. The van der Waals surface area contributed by atoms with Crippen molar-refractivity contribution < 1.29 is 9.47 Å². The zero-order valence-corrected chi connectivity index (χ0v) is 13.4. The highest BCUT2D eigenvalue weighted by Gasteiger charge is 2.16. The van der Waals surface area contributed by atoms with Gasteiger partial charge < -0.3 is 19.8 Å². The fraction of sp³-hybridized carbons (Fsp3) is 0.714. The number of nitrogen functional groups attached to an aromatic ring is 1. The minimum absolute atomic E-state index is 0.348. The molecular formula is C14H27N5O2. The van der Waals surface area contributed by atoms with Gasteiger partial charge in [0.1, 0.15) is 18.2 Å². The molecule has 0 radical (unpaired) electrons. The van der Waals surface area contributed by atoms with Gasteiger partial charge in [-0.3, -0.25) is 0 Å². The van der Waals surface area contributed by atoms with Crippen molar-refractivity contribution in [2.45, 2.75) is 39.8 Å². The van der Waals surface area contributed by atoms with Gasteiger partial charge in [0.25, 0.3) is 0 Å². The van der Waals surface area contributed by atoms with Gasteiger partial charge in [0.15, 0.2) is 5.82 Å². The van der Waals surface area contributed by atoms with Gasteiger partial charge in [-0.15, -0.1) is 0 Å². The molecule has 1 heterocycles. The Bertz CT molecular complexity index is 416. The Morgan fingerprint density at radius 3 is 2.71 bits per heavy atom.